The lowest BCUT2D eigenvalue weighted by atomic mass is 10.0. The first-order valence-corrected chi connectivity index (χ1v) is 8.09. The van der Waals surface area contributed by atoms with Crippen molar-refractivity contribution in [2.24, 2.45) is 0 Å². The minimum atomic E-state index is -0.221. The molecule has 1 aliphatic heterocycles. The SMILES string of the molecule is Cc1onc(-c2ccccc2Cl)c1C(=O)N[C@@H](C)[C@@H]1CCCO1. The molecule has 1 aromatic heterocycles. The molecular weight excluding hydrogens is 316 g/mol. The molecule has 1 N–H and O–H groups in total. The van der Waals surface area contributed by atoms with Gasteiger partial charge >= 0.3 is 0 Å². The van der Waals surface area contributed by atoms with Gasteiger partial charge in [-0.1, -0.05) is 35.0 Å². The average molecular weight is 335 g/mol. The number of benzene rings is 1. The van der Waals surface area contributed by atoms with Crippen molar-refractivity contribution >= 4 is 17.5 Å². The van der Waals surface area contributed by atoms with Crippen LogP contribution in [0.5, 0.6) is 0 Å². The number of rotatable bonds is 4. The van der Waals surface area contributed by atoms with Gasteiger partial charge in [0.05, 0.1) is 17.2 Å². The smallest absolute Gasteiger partial charge is 0.257 e. The molecule has 0 saturated carbocycles. The second-order valence-electron chi connectivity index (χ2n) is 5.76. The second-order valence-corrected chi connectivity index (χ2v) is 6.16. The predicted molar refractivity (Wildman–Crippen MR) is 87.6 cm³/mol. The Hall–Kier alpha value is -1.85. The number of halogens is 1. The molecule has 0 unspecified atom stereocenters. The van der Waals surface area contributed by atoms with Crippen LogP contribution in [0.25, 0.3) is 11.3 Å². The number of nitrogens with zero attached hydrogens (tertiary/aromatic N) is 1. The minimum Gasteiger partial charge on any atom is -0.376 e. The quantitative estimate of drug-likeness (QED) is 0.927. The molecule has 2 aromatic rings. The minimum absolute atomic E-state index is 0.0582. The fourth-order valence-electron chi connectivity index (χ4n) is 2.85. The van der Waals surface area contributed by atoms with Crippen molar-refractivity contribution in [3.63, 3.8) is 0 Å². The van der Waals surface area contributed by atoms with Gasteiger partial charge in [-0.05, 0) is 32.8 Å². The molecule has 1 aliphatic rings. The van der Waals surface area contributed by atoms with Gasteiger partial charge in [-0.3, -0.25) is 4.79 Å². The third kappa shape index (κ3) is 3.26. The number of ether oxygens (including phenoxy) is 1. The molecule has 1 amide bonds. The van der Waals surface area contributed by atoms with Crippen LogP contribution in [-0.4, -0.2) is 29.8 Å². The number of aromatic nitrogens is 1. The van der Waals surface area contributed by atoms with E-state index in [4.69, 9.17) is 20.9 Å². The molecule has 2 heterocycles. The maximum atomic E-state index is 12.7. The number of hydrogen-bond donors (Lipinski definition) is 1. The Bertz CT molecular complexity index is 708. The normalized spacial score (nSPS) is 18.8. The lowest BCUT2D eigenvalue weighted by Gasteiger charge is -2.20. The molecule has 1 saturated heterocycles. The van der Waals surface area contributed by atoms with E-state index in [-0.39, 0.29) is 18.1 Å². The van der Waals surface area contributed by atoms with Crippen molar-refractivity contribution in [1.82, 2.24) is 10.5 Å². The summed E-state index contributed by atoms with van der Waals surface area (Å²) in [5.41, 5.74) is 1.56. The number of hydrogen-bond acceptors (Lipinski definition) is 4. The first-order valence-electron chi connectivity index (χ1n) is 7.71. The molecule has 0 radical (unpaired) electrons. The maximum Gasteiger partial charge on any atom is 0.257 e. The fraction of sp³-hybridized carbons (Fsp3) is 0.412. The maximum absolute atomic E-state index is 12.7. The summed E-state index contributed by atoms with van der Waals surface area (Å²) in [6.45, 7) is 4.42. The Morgan fingerprint density at radius 1 is 1.43 bits per heavy atom. The summed E-state index contributed by atoms with van der Waals surface area (Å²) in [5.74, 6) is 0.249. The molecule has 23 heavy (non-hydrogen) atoms. The molecule has 2 atom stereocenters. The van der Waals surface area contributed by atoms with Crippen LogP contribution < -0.4 is 5.32 Å². The Morgan fingerprint density at radius 3 is 2.91 bits per heavy atom. The molecule has 5 nitrogen and oxygen atoms in total. The van der Waals surface area contributed by atoms with Crippen LogP contribution in [0.3, 0.4) is 0 Å². The van der Waals surface area contributed by atoms with E-state index in [0.29, 0.717) is 27.6 Å². The summed E-state index contributed by atoms with van der Waals surface area (Å²) in [6, 6.07) is 7.19. The van der Waals surface area contributed by atoms with E-state index in [9.17, 15) is 4.79 Å². The van der Waals surface area contributed by atoms with E-state index >= 15 is 0 Å². The Balaban J connectivity index is 1.86. The van der Waals surface area contributed by atoms with E-state index in [1.54, 1.807) is 13.0 Å². The van der Waals surface area contributed by atoms with Gasteiger partial charge in [0, 0.05) is 12.2 Å². The highest BCUT2D eigenvalue weighted by atomic mass is 35.5. The van der Waals surface area contributed by atoms with Crippen molar-refractivity contribution in [2.75, 3.05) is 6.61 Å². The van der Waals surface area contributed by atoms with Gasteiger partial charge in [0.1, 0.15) is 17.0 Å². The third-order valence-electron chi connectivity index (χ3n) is 4.10. The largest absolute Gasteiger partial charge is 0.376 e. The predicted octanol–water partition coefficient (Wildman–Crippen LogP) is 3.60. The van der Waals surface area contributed by atoms with E-state index in [1.807, 2.05) is 25.1 Å². The summed E-state index contributed by atoms with van der Waals surface area (Å²) in [7, 11) is 0. The lowest BCUT2D eigenvalue weighted by Crippen LogP contribution is -2.41. The summed E-state index contributed by atoms with van der Waals surface area (Å²) >= 11 is 6.22. The van der Waals surface area contributed by atoms with Crippen LogP contribution >= 0.6 is 11.6 Å². The zero-order valence-electron chi connectivity index (χ0n) is 13.1. The Morgan fingerprint density at radius 2 is 2.22 bits per heavy atom. The van der Waals surface area contributed by atoms with Crippen LogP contribution in [0.15, 0.2) is 28.8 Å². The van der Waals surface area contributed by atoms with E-state index in [0.717, 1.165) is 19.4 Å². The number of carbonyl (C=O) groups is 1. The van der Waals surface area contributed by atoms with Crippen molar-refractivity contribution in [3.05, 3.63) is 40.6 Å². The molecule has 0 spiro atoms. The Kier molecular flexibility index (Phi) is 4.68. The highest BCUT2D eigenvalue weighted by molar-refractivity contribution is 6.33. The average Bonchev–Trinajstić information content (AvgIpc) is 3.17. The zero-order chi connectivity index (χ0) is 16.4. The van der Waals surface area contributed by atoms with Gasteiger partial charge < -0.3 is 14.6 Å². The summed E-state index contributed by atoms with van der Waals surface area (Å²) in [6.07, 6.45) is 2.05. The standard InChI is InChI=1S/C17H19ClN2O3/c1-10(14-8-5-9-22-14)19-17(21)15-11(2)23-20-16(15)12-6-3-4-7-13(12)18/h3-4,6-7,10,14H,5,8-9H2,1-2H3,(H,19,21)/t10-,14-/m0/s1. The van der Waals surface area contributed by atoms with Crippen molar-refractivity contribution < 1.29 is 14.1 Å². The van der Waals surface area contributed by atoms with Crippen LogP contribution in [0.4, 0.5) is 0 Å². The fourth-order valence-corrected chi connectivity index (χ4v) is 3.07. The summed E-state index contributed by atoms with van der Waals surface area (Å²) < 4.78 is 10.9. The monoisotopic (exact) mass is 334 g/mol. The summed E-state index contributed by atoms with van der Waals surface area (Å²) in [4.78, 5) is 12.7. The molecule has 1 aromatic carbocycles. The van der Waals surface area contributed by atoms with Crippen molar-refractivity contribution in [1.29, 1.82) is 0 Å². The Labute approximate surface area is 139 Å². The topological polar surface area (TPSA) is 64.4 Å². The number of nitrogens with one attached hydrogen (secondary N) is 1. The van der Waals surface area contributed by atoms with Crippen molar-refractivity contribution in [3.8, 4) is 11.3 Å². The lowest BCUT2D eigenvalue weighted by molar-refractivity contribution is 0.0712. The molecule has 3 rings (SSSR count). The highest BCUT2D eigenvalue weighted by Gasteiger charge is 2.28. The number of aryl methyl sites for hydroxylation is 1. The second kappa shape index (κ2) is 6.72. The van der Waals surface area contributed by atoms with E-state index in [2.05, 4.69) is 10.5 Å². The molecular formula is C17H19ClN2O3. The molecule has 1 fully saturated rings. The van der Waals surface area contributed by atoms with Crippen molar-refractivity contribution in [2.45, 2.75) is 38.8 Å². The molecule has 0 aliphatic carbocycles. The van der Waals surface area contributed by atoms with E-state index < -0.39 is 0 Å². The van der Waals surface area contributed by atoms with Gasteiger partial charge in [0.15, 0.2) is 0 Å². The van der Waals surface area contributed by atoms with Gasteiger partial charge in [-0.15, -0.1) is 0 Å². The number of amides is 1. The summed E-state index contributed by atoms with van der Waals surface area (Å²) in [5, 5.41) is 7.54. The third-order valence-corrected chi connectivity index (χ3v) is 4.43. The van der Waals surface area contributed by atoms with Gasteiger partial charge in [0.25, 0.3) is 5.91 Å². The molecule has 122 valence electrons. The van der Waals surface area contributed by atoms with Crippen LogP contribution in [0, 0.1) is 6.92 Å². The zero-order valence-corrected chi connectivity index (χ0v) is 13.9. The van der Waals surface area contributed by atoms with Gasteiger partial charge in [-0.25, -0.2) is 0 Å². The van der Waals surface area contributed by atoms with Gasteiger partial charge in [0.2, 0.25) is 0 Å². The highest BCUT2D eigenvalue weighted by Crippen LogP contribution is 2.31. The molecule has 0 bridgehead atoms. The van der Waals surface area contributed by atoms with Crippen LogP contribution in [-0.2, 0) is 4.74 Å². The first-order chi connectivity index (χ1) is 11.1. The van der Waals surface area contributed by atoms with Crippen LogP contribution in [0.2, 0.25) is 5.02 Å². The van der Waals surface area contributed by atoms with E-state index in [1.165, 1.54) is 0 Å². The van der Waals surface area contributed by atoms with Crippen LogP contribution in [0.1, 0.15) is 35.9 Å². The molecule has 6 heteroatoms. The van der Waals surface area contributed by atoms with Gasteiger partial charge in [-0.2, -0.15) is 0 Å². The first kappa shape index (κ1) is 16.0. The number of carbonyl (C=O) groups excluding carboxylic acids is 1.